The molecule has 0 radical (unpaired) electrons. The molecule has 0 aromatic heterocycles. The molecule has 18 heavy (non-hydrogen) atoms. The highest BCUT2D eigenvalue weighted by atomic mass is 127. The summed E-state index contributed by atoms with van der Waals surface area (Å²) in [6.07, 6.45) is 4.59. The lowest BCUT2D eigenvalue weighted by molar-refractivity contribution is -0.122. The third kappa shape index (κ3) is 5.88. The first kappa shape index (κ1) is 15.5. The summed E-state index contributed by atoms with van der Waals surface area (Å²) in [4.78, 5) is 15.8. The van der Waals surface area contributed by atoms with Crippen molar-refractivity contribution in [3.05, 3.63) is 0 Å². The zero-order chi connectivity index (χ0) is 12.1. The van der Waals surface area contributed by atoms with Crippen molar-refractivity contribution >= 4 is 35.8 Å². The van der Waals surface area contributed by atoms with E-state index in [9.17, 15) is 4.79 Å². The van der Waals surface area contributed by atoms with Gasteiger partial charge in [0.1, 0.15) is 0 Å². The Labute approximate surface area is 126 Å². The summed E-state index contributed by atoms with van der Waals surface area (Å²) in [5.74, 6) is 1.35. The van der Waals surface area contributed by atoms with Crippen LogP contribution in [0.2, 0.25) is 0 Å². The minimum absolute atomic E-state index is 0. The van der Waals surface area contributed by atoms with Gasteiger partial charge in [-0.1, -0.05) is 0 Å². The molecule has 0 atom stereocenters. The van der Waals surface area contributed by atoms with Gasteiger partial charge >= 0.3 is 0 Å². The molecule has 0 heterocycles. The SMILES string of the molecule is CCNC(=NCCNC(=O)C1CC1)NC1CC1.I. The Bertz CT molecular complexity index is 300. The molecule has 2 aliphatic rings. The molecule has 5 nitrogen and oxygen atoms in total. The molecule has 2 aliphatic carbocycles. The molecular weight excluding hydrogens is 343 g/mol. The number of halogens is 1. The molecule has 2 saturated carbocycles. The van der Waals surface area contributed by atoms with Crippen LogP contribution in [-0.2, 0) is 4.79 Å². The van der Waals surface area contributed by atoms with E-state index in [4.69, 9.17) is 0 Å². The molecule has 0 aromatic rings. The number of nitrogens with zero attached hydrogens (tertiary/aromatic N) is 1. The Morgan fingerprint density at radius 3 is 2.50 bits per heavy atom. The van der Waals surface area contributed by atoms with E-state index < -0.39 is 0 Å². The van der Waals surface area contributed by atoms with Gasteiger partial charge < -0.3 is 16.0 Å². The molecular formula is C12H23IN4O. The van der Waals surface area contributed by atoms with E-state index in [1.54, 1.807) is 0 Å². The first-order chi connectivity index (χ1) is 8.29. The van der Waals surface area contributed by atoms with Crippen LogP contribution in [0.4, 0.5) is 0 Å². The lowest BCUT2D eigenvalue weighted by Crippen LogP contribution is -2.39. The third-order valence-corrected chi connectivity index (χ3v) is 2.89. The number of guanidine groups is 1. The third-order valence-electron chi connectivity index (χ3n) is 2.89. The molecule has 1 amide bonds. The van der Waals surface area contributed by atoms with Crippen molar-refractivity contribution in [1.82, 2.24) is 16.0 Å². The van der Waals surface area contributed by atoms with Gasteiger partial charge in [-0.05, 0) is 32.6 Å². The molecule has 0 bridgehead atoms. The van der Waals surface area contributed by atoms with Crippen molar-refractivity contribution < 1.29 is 4.79 Å². The molecule has 0 aromatic carbocycles. The predicted molar refractivity (Wildman–Crippen MR) is 83.3 cm³/mol. The maximum atomic E-state index is 11.4. The zero-order valence-electron chi connectivity index (χ0n) is 10.9. The van der Waals surface area contributed by atoms with Gasteiger partial charge in [-0.2, -0.15) is 0 Å². The first-order valence-electron chi connectivity index (χ1n) is 6.62. The van der Waals surface area contributed by atoms with Gasteiger partial charge in [-0.15, -0.1) is 24.0 Å². The number of carbonyl (C=O) groups is 1. The predicted octanol–water partition coefficient (Wildman–Crippen LogP) is 0.848. The monoisotopic (exact) mass is 366 g/mol. The maximum Gasteiger partial charge on any atom is 0.223 e. The lowest BCUT2D eigenvalue weighted by atomic mass is 10.4. The summed E-state index contributed by atoms with van der Waals surface area (Å²) in [6.45, 7) is 4.20. The first-order valence-corrected chi connectivity index (χ1v) is 6.62. The molecule has 6 heteroatoms. The number of carbonyl (C=O) groups excluding carboxylic acids is 1. The molecule has 0 unspecified atom stereocenters. The Hall–Kier alpha value is -0.530. The molecule has 2 fully saturated rings. The second-order valence-corrected chi connectivity index (χ2v) is 4.74. The van der Waals surface area contributed by atoms with Gasteiger partial charge in [-0.3, -0.25) is 9.79 Å². The molecule has 3 N–H and O–H groups in total. The van der Waals surface area contributed by atoms with Crippen LogP contribution in [0, 0.1) is 5.92 Å². The van der Waals surface area contributed by atoms with Crippen molar-refractivity contribution in [2.75, 3.05) is 19.6 Å². The molecule has 0 aliphatic heterocycles. The fourth-order valence-electron chi connectivity index (χ4n) is 1.58. The van der Waals surface area contributed by atoms with Crippen LogP contribution >= 0.6 is 24.0 Å². The Morgan fingerprint density at radius 2 is 1.94 bits per heavy atom. The number of aliphatic imine (C=N–C) groups is 1. The molecule has 104 valence electrons. The fraction of sp³-hybridized carbons (Fsp3) is 0.833. The van der Waals surface area contributed by atoms with Crippen molar-refractivity contribution in [1.29, 1.82) is 0 Å². The van der Waals surface area contributed by atoms with Gasteiger partial charge in [-0.25, -0.2) is 0 Å². The molecule has 0 spiro atoms. The highest BCUT2D eigenvalue weighted by molar-refractivity contribution is 14.0. The van der Waals surface area contributed by atoms with Crippen molar-refractivity contribution in [3.8, 4) is 0 Å². The smallest absolute Gasteiger partial charge is 0.223 e. The van der Waals surface area contributed by atoms with Crippen molar-refractivity contribution in [2.45, 2.75) is 38.6 Å². The summed E-state index contributed by atoms with van der Waals surface area (Å²) in [5, 5.41) is 9.45. The highest BCUT2D eigenvalue weighted by Crippen LogP contribution is 2.28. The van der Waals surface area contributed by atoms with Gasteiger partial charge in [0.25, 0.3) is 0 Å². The summed E-state index contributed by atoms with van der Waals surface area (Å²) in [6, 6.07) is 0.605. The van der Waals surface area contributed by atoms with Gasteiger partial charge in [0.05, 0.1) is 6.54 Å². The van der Waals surface area contributed by atoms with E-state index in [0.29, 0.717) is 19.1 Å². The summed E-state index contributed by atoms with van der Waals surface area (Å²) < 4.78 is 0. The summed E-state index contributed by atoms with van der Waals surface area (Å²) in [5.41, 5.74) is 0. The average molecular weight is 366 g/mol. The standard InChI is InChI=1S/C12H22N4O.HI/c1-2-13-12(16-10-5-6-10)15-8-7-14-11(17)9-3-4-9;/h9-10H,2-8H2,1H3,(H,14,17)(H2,13,15,16);1H. The maximum absolute atomic E-state index is 11.4. The van der Waals surface area contributed by atoms with Gasteiger partial charge in [0, 0.05) is 25.0 Å². The van der Waals surface area contributed by atoms with E-state index in [1.807, 2.05) is 0 Å². The van der Waals surface area contributed by atoms with E-state index in [2.05, 4.69) is 27.9 Å². The van der Waals surface area contributed by atoms with Crippen LogP contribution in [0.3, 0.4) is 0 Å². The van der Waals surface area contributed by atoms with E-state index in [1.165, 1.54) is 12.8 Å². The second kappa shape index (κ2) is 7.81. The molecule has 2 rings (SSSR count). The number of hydrogen-bond acceptors (Lipinski definition) is 2. The normalized spacial score (nSPS) is 18.8. The van der Waals surface area contributed by atoms with Crippen LogP contribution < -0.4 is 16.0 Å². The van der Waals surface area contributed by atoms with Crippen LogP contribution in [0.25, 0.3) is 0 Å². The van der Waals surface area contributed by atoms with Gasteiger partial charge in [0.2, 0.25) is 5.91 Å². The fourth-order valence-corrected chi connectivity index (χ4v) is 1.58. The minimum Gasteiger partial charge on any atom is -0.357 e. The van der Waals surface area contributed by atoms with Gasteiger partial charge in [0.15, 0.2) is 5.96 Å². The Morgan fingerprint density at radius 1 is 1.22 bits per heavy atom. The summed E-state index contributed by atoms with van der Waals surface area (Å²) >= 11 is 0. The van der Waals surface area contributed by atoms with Crippen LogP contribution in [0.15, 0.2) is 4.99 Å². The Balaban J connectivity index is 0.00000162. The number of rotatable bonds is 6. The quantitative estimate of drug-likeness (QED) is 0.283. The largest absolute Gasteiger partial charge is 0.357 e. The van der Waals surface area contributed by atoms with Crippen LogP contribution in [0.5, 0.6) is 0 Å². The number of nitrogens with one attached hydrogen (secondary N) is 3. The van der Waals surface area contributed by atoms with E-state index >= 15 is 0 Å². The lowest BCUT2D eigenvalue weighted by Gasteiger charge is -2.10. The molecule has 0 saturated heterocycles. The van der Waals surface area contributed by atoms with Crippen LogP contribution in [0.1, 0.15) is 32.6 Å². The van der Waals surface area contributed by atoms with Crippen LogP contribution in [-0.4, -0.2) is 37.5 Å². The van der Waals surface area contributed by atoms with Crippen molar-refractivity contribution in [3.63, 3.8) is 0 Å². The van der Waals surface area contributed by atoms with E-state index in [0.717, 1.165) is 25.3 Å². The summed E-state index contributed by atoms with van der Waals surface area (Å²) in [7, 11) is 0. The Kier molecular flexibility index (Phi) is 6.73. The second-order valence-electron chi connectivity index (χ2n) is 4.74. The number of hydrogen-bond donors (Lipinski definition) is 3. The zero-order valence-corrected chi connectivity index (χ0v) is 13.2. The average Bonchev–Trinajstić information content (AvgIpc) is 3.16. The van der Waals surface area contributed by atoms with E-state index in [-0.39, 0.29) is 35.8 Å². The highest BCUT2D eigenvalue weighted by Gasteiger charge is 2.29. The topological polar surface area (TPSA) is 65.5 Å². The van der Waals surface area contributed by atoms with Crippen molar-refractivity contribution in [2.24, 2.45) is 10.9 Å². The minimum atomic E-state index is 0. The number of amides is 1.